The number of nitrogens with zero attached hydrogens (tertiary/aromatic N) is 1. The SMILES string of the molecule is C[C@@H](Oc1ccc(Cl)cc1-c1ccc(C(=O)N2CCCC2)c(C(F)(F)F)c1)C(=O)O. The number of carbonyl (C=O) groups excluding carboxylic acids is 1. The van der Waals surface area contributed by atoms with Gasteiger partial charge in [-0.3, -0.25) is 4.79 Å². The summed E-state index contributed by atoms with van der Waals surface area (Å²) in [7, 11) is 0. The molecule has 0 spiro atoms. The molecular formula is C21H19ClF3NO4. The normalized spacial score (nSPS) is 15.2. The Balaban J connectivity index is 2.08. The van der Waals surface area contributed by atoms with Crippen molar-refractivity contribution in [2.45, 2.75) is 32.0 Å². The summed E-state index contributed by atoms with van der Waals surface area (Å²) in [4.78, 5) is 25.1. The lowest BCUT2D eigenvalue weighted by molar-refractivity contribution is -0.144. The van der Waals surface area contributed by atoms with Crippen molar-refractivity contribution in [3.8, 4) is 16.9 Å². The largest absolute Gasteiger partial charge is 0.479 e. The van der Waals surface area contributed by atoms with Crippen molar-refractivity contribution in [1.29, 1.82) is 0 Å². The summed E-state index contributed by atoms with van der Waals surface area (Å²) in [6.07, 6.45) is -4.45. The molecule has 9 heteroatoms. The monoisotopic (exact) mass is 441 g/mol. The van der Waals surface area contributed by atoms with Crippen LogP contribution >= 0.6 is 11.6 Å². The minimum absolute atomic E-state index is 0.0704. The highest BCUT2D eigenvalue weighted by atomic mass is 35.5. The fraction of sp³-hybridized carbons (Fsp3) is 0.333. The molecule has 0 aromatic heterocycles. The number of benzene rings is 2. The second-order valence-electron chi connectivity index (χ2n) is 7.00. The molecule has 0 bridgehead atoms. The summed E-state index contributed by atoms with van der Waals surface area (Å²) >= 11 is 6.01. The first-order chi connectivity index (χ1) is 14.1. The zero-order chi connectivity index (χ0) is 22.1. The first kappa shape index (κ1) is 22.0. The van der Waals surface area contributed by atoms with Crippen molar-refractivity contribution in [2.24, 2.45) is 0 Å². The second kappa shape index (κ2) is 8.55. The van der Waals surface area contributed by atoms with E-state index in [1.54, 1.807) is 0 Å². The number of rotatable bonds is 5. The van der Waals surface area contributed by atoms with Crippen LogP contribution in [0.2, 0.25) is 5.02 Å². The van der Waals surface area contributed by atoms with Crippen LogP contribution in [0.5, 0.6) is 5.75 Å². The van der Waals surface area contributed by atoms with Gasteiger partial charge in [-0.05, 0) is 55.7 Å². The molecule has 0 unspecified atom stereocenters. The molecule has 3 rings (SSSR count). The van der Waals surface area contributed by atoms with Crippen molar-refractivity contribution >= 4 is 23.5 Å². The molecular weight excluding hydrogens is 423 g/mol. The van der Waals surface area contributed by atoms with Gasteiger partial charge in [0.1, 0.15) is 5.75 Å². The van der Waals surface area contributed by atoms with E-state index in [1.807, 2.05) is 0 Å². The molecule has 0 saturated carbocycles. The zero-order valence-electron chi connectivity index (χ0n) is 16.0. The Morgan fingerprint density at radius 3 is 2.40 bits per heavy atom. The zero-order valence-corrected chi connectivity index (χ0v) is 16.8. The summed E-state index contributed by atoms with van der Waals surface area (Å²) in [5, 5.41) is 9.31. The summed E-state index contributed by atoms with van der Waals surface area (Å²) in [6.45, 7) is 2.16. The Morgan fingerprint density at radius 1 is 1.13 bits per heavy atom. The minimum Gasteiger partial charge on any atom is -0.479 e. The minimum atomic E-state index is -4.76. The molecule has 160 valence electrons. The van der Waals surface area contributed by atoms with Crippen LogP contribution in [0.1, 0.15) is 35.7 Å². The van der Waals surface area contributed by atoms with Crippen LogP contribution in [-0.4, -0.2) is 41.1 Å². The van der Waals surface area contributed by atoms with E-state index in [-0.39, 0.29) is 21.9 Å². The molecule has 0 aliphatic carbocycles. The lowest BCUT2D eigenvalue weighted by atomic mass is 9.97. The fourth-order valence-corrected chi connectivity index (χ4v) is 3.47. The number of hydrogen-bond donors (Lipinski definition) is 1. The standard InChI is InChI=1S/C21H19ClF3NO4/c1-12(20(28)29)30-18-7-5-14(22)11-16(18)13-4-6-15(17(10-13)21(23,24)25)19(27)26-8-2-3-9-26/h4-7,10-12H,2-3,8-9H2,1H3,(H,28,29)/t12-/m1/s1. The summed E-state index contributed by atoms with van der Waals surface area (Å²) in [5.41, 5.74) is -1.18. The number of hydrogen-bond acceptors (Lipinski definition) is 3. The van der Waals surface area contributed by atoms with E-state index in [4.69, 9.17) is 21.4 Å². The van der Waals surface area contributed by atoms with Gasteiger partial charge in [-0.25, -0.2) is 4.79 Å². The third-order valence-electron chi connectivity index (χ3n) is 4.85. The van der Waals surface area contributed by atoms with Gasteiger partial charge in [0.05, 0.1) is 11.1 Å². The third kappa shape index (κ3) is 4.70. The van der Waals surface area contributed by atoms with Crippen molar-refractivity contribution in [1.82, 2.24) is 4.90 Å². The van der Waals surface area contributed by atoms with Gasteiger partial charge >= 0.3 is 12.1 Å². The van der Waals surface area contributed by atoms with Crippen LogP contribution in [0.15, 0.2) is 36.4 Å². The maximum atomic E-state index is 13.8. The average molecular weight is 442 g/mol. The van der Waals surface area contributed by atoms with Crippen LogP contribution in [0.3, 0.4) is 0 Å². The molecule has 1 amide bonds. The second-order valence-corrected chi connectivity index (χ2v) is 7.43. The van der Waals surface area contributed by atoms with E-state index < -0.39 is 35.3 Å². The molecule has 2 aromatic carbocycles. The maximum Gasteiger partial charge on any atom is 0.417 e. The van der Waals surface area contributed by atoms with Crippen molar-refractivity contribution in [2.75, 3.05) is 13.1 Å². The van der Waals surface area contributed by atoms with Crippen LogP contribution in [0.25, 0.3) is 11.1 Å². The van der Waals surface area contributed by atoms with Gasteiger partial charge < -0.3 is 14.7 Å². The summed E-state index contributed by atoms with van der Waals surface area (Å²) < 4.78 is 46.7. The van der Waals surface area contributed by atoms with Gasteiger partial charge in [0.25, 0.3) is 5.91 Å². The predicted octanol–water partition coefficient (Wildman–Crippen LogP) is 5.11. The average Bonchev–Trinajstić information content (AvgIpc) is 3.22. The topological polar surface area (TPSA) is 66.8 Å². The molecule has 1 aliphatic heterocycles. The molecule has 0 radical (unpaired) electrons. The van der Waals surface area contributed by atoms with E-state index >= 15 is 0 Å². The van der Waals surface area contributed by atoms with E-state index in [0.29, 0.717) is 13.1 Å². The fourth-order valence-electron chi connectivity index (χ4n) is 3.29. The number of halogens is 4. The van der Waals surface area contributed by atoms with Gasteiger partial charge in [-0.15, -0.1) is 0 Å². The Labute approximate surface area is 176 Å². The number of likely N-dealkylation sites (tertiary alicyclic amines) is 1. The molecule has 1 fully saturated rings. The highest BCUT2D eigenvalue weighted by Gasteiger charge is 2.37. The van der Waals surface area contributed by atoms with Crippen LogP contribution < -0.4 is 4.74 Å². The van der Waals surface area contributed by atoms with E-state index in [1.165, 1.54) is 36.1 Å². The number of alkyl halides is 3. The van der Waals surface area contributed by atoms with Gasteiger partial charge in [0.15, 0.2) is 6.10 Å². The first-order valence-electron chi connectivity index (χ1n) is 9.28. The highest BCUT2D eigenvalue weighted by molar-refractivity contribution is 6.31. The smallest absolute Gasteiger partial charge is 0.417 e. The molecule has 1 saturated heterocycles. The predicted molar refractivity (Wildman–Crippen MR) is 105 cm³/mol. The van der Waals surface area contributed by atoms with E-state index in [2.05, 4.69) is 0 Å². The summed E-state index contributed by atoms with van der Waals surface area (Å²) in [5.74, 6) is -1.81. The quantitative estimate of drug-likeness (QED) is 0.700. The Bertz CT molecular complexity index is 971. The van der Waals surface area contributed by atoms with Crippen molar-refractivity contribution in [3.05, 3.63) is 52.5 Å². The van der Waals surface area contributed by atoms with E-state index in [0.717, 1.165) is 25.0 Å². The Kier molecular flexibility index (Phi) is 6.26. The van der Waals surface area contributed by atoms with Crippen LogP contribution in [-0.2, 0) is 11.0 Å². The Morgan fingerprint density at radius 2 is 1.80 bits per heavy atom. The van der Waals surface area contributed by atoms with Gasteiger partial charge in [0, 0.05) is 23.7 Å². The number of ether oxygens (including phenoxy) is 1. The number of carboxylic acids is 1. The van der Waals surface area contributed by atoms with Gasteiger partial charge in [0.2, 0.25) is 0 Å². The van der Waals surface area contributed by atoms with Gasteiger partial charge in [-0.1, -0.05) is 17.7 Å². The summed E-state index contributed by atoms with van der Waals surface area (Å²) in [6, 6.07) is 7.63. The van der Waals surface area contributed by atoms with Crippen LogP contribution in [0.4, 0.5) is 13.2 Å². The van der Waals surface area contributed by atoms with Crippen LogP contribution in [0, 0.1) is 0 Å². The lowest BCUT2D eigenvalue weighted by Crippen LogP contribution is -2.29. The van der Waals surface area contributed by atoms with Crippen molar-refractivity contribution in [3.63, 3.8) is 0 Å². The first-order valence-corrected chi connectivity index (χ1v) is 9.65. The molecule has 1 heterocycles. The number of carboxylic acid groups (broad SMARTS) is 1. The lowest BCUT2D eigenvalue weighted by Gasteiger charge is -2.20. The Hall–Kier alpha value is -2.74. The van der Waals surface area contributed by atoms with Gasteiger partial charge in [-0.2, -0.15) is 13.2 Å². The van der Waals surface area contributed by atoms with Crippen molar-refractivity contribution < 1.29 is 32.6 Å². The molecule has 5 nitrogen and oxygen atoms in total. The highest BCUT2D eigenvalue weighted by Crippen LogP contribution is 2.39. The molecule has 1 N–H and O–H groups in total. The molecule has 2 aromatic rings. The number of aliphatic carboxylic acids is 1. The molecule has 1 atom stereocenters. The number of carbonyl (C=O) groups is 2. The molecule has 30 heavy (non-hydrogen) atoms. The third-order valence-corrected chi connectivity index (χ3v) is 5.09. The van der Waals surface area contributed by atoms with E-state index in [9.17, 15) is 22.8 Å². The molecule has 1 aliphatic rings. The number of amides is 1. The maximum absolute atomic E-state index is 13.8.